The molecule has 5 nitrogen and oxygen atoms in total. The summed E-state index contributed by atoms with van der Waals surface area (Å²) in [5, 5.41) is 14.8. The minimum absolute atomic E-state index is 0.177. The molecule has 6 heteroatoms. The summed E-state index contributed by atoms with van der Waals surface area (Å²) in [6, 6.07) is 1.77. The quantitative estimate of drug-likeness (QED) is 0.848. The van der Waals surface area contributed by atoms with E-state index < -0.39 is 0 Å². The minimum Gasteiger partial charge on any atom is -0.338 e. The predicted molar refractivity (Wildman–Crippen MR) is 63.6 cm³/mol. The van der Waals surface area contributed by atoms with Crippen LogP contribution in [0.2, 0.25) is 0 Å². The van der Waals surface area contributed by atoms with Crippen LogP contribution in [0.15, 0.2) is 0 Å². The Morgan fingerprint density at radius 2 is 2.31 bits per heavy atom. The monoisotopic (exact) mass is 238 g/mol. The number of amides is 2. The number of nitrogens with one attached hydrogen (secondary N) is 2. The van der Waals surface area contributed by atoms with Crippen LogP contribution in [0.5, 0.6) is 0 Å². The van der Waals surface area contributed by atoms with Crippen LogP contribution in [0.25, 0.3) is 0 Å². The number of carbonyl (C=O) groups excluding carboxylic acids is 1. The summed E-state index contributed by atoms with van der Waals surface area (Å²) < 4.78 is 4.18. The van der Waals surface area contributed by atoms with Crippen LogP contribution in [-0.2, 0) is 0 Å². The molecule has 0 aliphatic carbocycles. The molecule has 0 saturated carbocycles. The van der Waals surface area contributed by atoms with Gasteiger partial charge in [0.25, 0.3) is 0 Å². The van der Waals surface area contributed by atoms with Gasteiger partial charge in [-0.05, 0) is 24.4 Å². The fraction of sp³-hybridized carbons (Fsp3) is 0.500. The zero-order valence-electron chi connectivity index (χ0n) is 9.50. The zero-order valence-corrected chi connectivity index (χ0v) is 10.3. The molecule has 0 spiro atoms. The summed E-state index contributed by atoms with van der Waals surface area (Å²) in [6.07, 6.45) is 0. The number of rotatable bonds is 3. The second-order valence-corrected chi connectivity index (χ2v) is 4.30. The highest BCUT2D eigenvalue weighted by Gasteiger charge is 2.17. The zero-order chi connectivity index (χ0) is 12.1. The van der Waals surface area contributed by atoms with Gasteiger partial charge in [0.1, 0.15) is 16.6 Å². The standard InChI is InChI=1S/C10H14N4OS/c1-4-12-10(15)13-9-7(5-11)8(6(2)3)14-16-9/h6H,4H2,1-3H3,(H2,12,13,15). The van der Waals surface area contributed by atoms with Crippen LogP contribution in [0, 0.1) is 11.3 Å². The largest absolute Gasteiger partial charge is 0.338 e. The van der Waals surface area contributed by atoms with Gasteiger partial charge in [-0.15, -0.1) is 0 Å². The Labute approximate surface area is 98.6 Å². The summed E-state index contributed by atoms with van der Waals surface area (Å²) in [7, 11) is 0. The highest BCUT2D eigenvalue weighted by Crippen LogP contribution is 2.28. The lowest BCUT2D eigenvalue weighted by atomic mass is 10.1. The SMILES string of the molecule is CCNC(=O)Nc1snc(C(C)C)c1C#N. The van der Waals surface area contributed by atoms with Gasteiger partial charge in [-0.2, -0.15) is 9.64 Å². The molecule has 1 aromatic heterocycles. The van der Waals surface area contributed by atoms with Gasteiger partial charge in [-0.1, -0.05) is 13.8 Å². The van der Waals surface area contributed by atoms with Gasteiger partial charge < -0.3 is 5.32 Å². The number of hydrogen-bond acceptors (Lipinski definition) is 4. The molecule has 0 fully saturated rings. The van der Waals surface area contributed by atoms with E-state index in [1.165, 1.54) is 0 Å². The summed E-state index contributed by atoms with van der Waals surface area (Å²) in [5.74, 6) is 0.177. The molecular weight excluding hydrogens is 224 g/mol. The third kappa shape index (κ3) is 2.70. The Balaban J connectivity index is 2.90. The molecular formula is C10H14N4OS. The molecule has 1 aromatic rings. The van der Waals surface area contributed by atoms with E-state index in [1.807, 2.05) is 20.8 Å². The highest BCUT2D eigenvalue weighted by molar-refractivity contribution is 7.10. The highest BCUT2D eigenvalue weighted by atomic mass is 32.1. The maximum absolute atomic E-state index is 11.3. The topological polar surface area (TPSA) is 77.8 Å². The molecule has 1 rings (SSSR count). The first-order valence-electron chi connectivity index (χ1n) is 5.04. The molecule has 0 atom stereocenters. The molecule has 86 valence electrons. The predicted octanol–water partition coefficient (Wildman–Crippen LogP) is 2.28. The van der Waals surface area contributed by atoms with Crippen LogP contribution in [0.3, 0.4) is 0 Å². The van der Waals surface area contributed by atoms with Crippen molar-refractivity contribution >= 4 is 22.6 Å². The Kier molecular flexibility index (Phi) is 4.26. The summed E-state index contributed by atoms with van der Waals surface area (Å²) in [4.78, 5) is 11.3. The van der Waals surface area contributed by atoms with Crippen molar-refractivity contribution in [1.29, 1.82) is 5.26 Å². The van der Waals surface area contributed by atoms with Gasteiger partial charge >= 0.3 is 6.03 Å². The fourth-order valence-corrected chi connectivity index (χ4v) is 2.07. The van der Waals surface area contributed by atoms with E-state index in [2.05, 4.69) is 21.1 Å². The van der Waals surface area contributed by atoms with Gasteiger partial charge in [-0.3, -0.25) is 5.32 Å². The third-order valence-corrected chi connectivity index (χ3v) is 2.72. The van der Waals surface area contributed by atoms with Crippen molar-refractivity contribution in [2.24, 2.45) is 0 Å². The van der Waals surface area contributed by atoms with E-state index in [1.54, 1.807) is 0 Å². The lowest BCUT2D eigenvalue weighted by molar-refractivity contribution is 0.252. The van der Waals surface area contributed by atoms with Gasteiger partial charge in [-0.25, -0.2) is 4.79 Å². The van der Waals surface area contributed by atoms with Crippen LogP contribution in [0.1, 0.15) is 37.9 Å². The number of carbonyl (C=O) groups is 1. The van der Waals surface area contributed by atoms with E-state index in [0.717, 1.165) is 17.2 Å². The maximum Gasteiger partial charge on any atom is 0.319 e. The smallest absolute Gasteiger partial charge is 0.319 e. The molecule has 0 unspecified atom stereocenters. The van der Waals surface area contributed by atoms with E-state index in [0.29, 0.717) is 17.1 Å². The van der Waals surface area contributed by atoms with Crippen molar-refractivity contribution in [3.05, 3.63) is 11.3 Å². The number of hydrogen-bond donors (Lipinski definition) is 2. The molecule has 0 aromatic carbocycles. The number of nitriles is 1. The number of aromatic nitrogens is 1. The fourth-order valence-electron chi connectivity index (χ4n) is 1.20. The lowest BCUT2D eigenvalue weighted by Gasteiger charge is -2.03. The van der Waals surface area contributed by atoms with Crippen molar-refractivity contribution < 1.29 is 4.79 Å². The number of anilines is 1. The van der Waals surface area contributed by atoms with E-state index >= 15 is 0 Å². The van der Waals surface area contributed by atoms with Gasteiger partial charge in [0, 0.05) is 6.54 Å². The van der Waals surface area contributed by atoms with Crippen molar-refractivity contribution in [3.8, 4) is 6.07 Å². The Morgan fingerprint density at radius 1 is 1.62 bits per heavy atom. The minimum atomic E-state index is -0.307. The van der Waals surface area contributed by atoms with Crippen LogP contribution in [0.4, 0.5) is 9.80 Å². The van der Waals surface area contributed by atoms with Crippen molar-refractivity contribution in [3.63, 3.8) is 0 Å². The molecule has 16 heavy (non-hydrogen) atoms. The first-order chi connectivity index (χ1) is 7.60. The second kappa shape index (κ2) is 5.47. The average molecular weight is 238 g/mol. The molecule has 2 N–H and O–H groups in total. The Bertz CT molecular complexity index is 419. The third-order valence-electron chi connectivity index (χ3n) is 1.94. The molecule has 0 bridgehead atoms. The lowest BCUT2D eigenvalue weighted by Crippen LogP contribution is -2.28. The van der Waals surface area contributed by atoms with Crippen LogP contribution >= 0.6 is 11.5 Å². The van der Waals surface area contributed by atoms with Crippen molar-refractivity contribution in [2.45, 2.75) is 26.7 Å². The molecule has 0 saturated heterocycles. The van der Waals surface area contributed by atoms with Crippen LogP contribution in [-0.4, -0.2) is 16.9 Å². The summed E-state index contributed by atoms with van der Waals surface area (Å²) in [6.45, 7) is 6.30. The van der Waals surface area contributed by atoms with Crippen LogP contribution < -0.4 is 10.6 Å². The molecule has 1 heterocycles. The number of urea groups is 1. The first kappa shape index (κ1) is 12.5. The normalized spacial score (nSPS) is 9.94. The van der Waals surface area contributed by atoms with Crippen molar-refractivity contribution in [1.82, 2.24) is 9.69 Å². The maximum atomic E-state index is 11.3. The average Bonchev–Trinajstić information content (AvgIpc) is 2.61. The van der Waals surface area contributed by atoms with E-state index in [-0.39, 0.29) is 11.9 Å². The number of nitrogens with zero attached hydrogens (tertiary/aromatic N) is 2. The molecule has 0 aliphatic heterocycles. The molecule has 2 amide bonds. The first-order valence-corrected chi connectivity index (χ1v) is 5.82. The Morgan fingerprint density at radius 3 is 2.81 bits per heavy atom. The van der Waals surface area contributed by atoms with Gasteiger partial charge in [0.2, 0.25) is 0 Å². The van der Waals surface area contributed by atoms with E-state index in [4.69, 9.17) is 5.26 Å². The summed E-state index contributed by atoms with van der Waals surface area (Å²) in [5.41, 5.74) is 1.20. The second-order valence-electron chi connectivity index (χ2n) is 3.52. The molecule has 0 radical (unpaired) electrons. The van der Waals surface area contributed by atoms with Gasteiger partial charge in [0.15, 0.2) is 0 Å². The van der Waals surface area contributed by atoms with Gasteiger partial charge in [0.05, 0.1) is 5.69 Å². The Hall–Kier alpha value is -1.61. The van der Waals surface area contributed by atoms with E-state index in [9.17, 15) is 4.79 Å². The molecule has 0 aliphatic rings. The van der Waals surface area contributed by atoms with Crippen molar-refractivity contribution in [2.75, 3.05) is 11.9 Å². The summed E-state index contributed by atoms with van der Waals surface area (Å²) >= 11 is 1.14.